The minimum absolute atomic E-state index is 0.0338. The van der Waals surface area contributed by atoms with Gasteiger partial charge in [-0.15, -0.1) is 0 Å². The summed E-state index contributed by atoms with van der Waals surface area (Å²) in [6.07, 6.45) is 0.837. The second-order valence-electron chi connectivity index (χ2n) is 3.47. The average Bonchev–Trinajstić information content (AvgIpc) is 2.38. The van der Waals surface area contributed by atoms with Gasteiger partial charge in [-0.3, -0.25) is 0 Å². The molecule has 0 aliphatic rings. The minimum atomic E-state index is -1.07. The van der Waals surface area contributed by atoms with Crippen molar-refractivity contribution in [3.63, 3.8) is 0 Å². The van der Waals surface area contributed by atoms with Gasteiger partial charge in [0.05, 0.1) is 6.61 Å². The monoisotopic (exact) mass is 255 g/mol. The first-order valence-electron chi connectivity index (χ1n) is 5.64. The van der Waals surface area contributed by atoms with Crippen molar-refractivity contribution >= 4 is 5.97 Å². The molecule has 1 N–H and O–H groups in total. The molecule has 18 heavy (non-hydrogen) atoms. The van der Waals surface area contributed by atoms with E-state index in [1.165, 1.54) is 6.07 Å². The number of carbonyl (C=O) groups is 1. The van der Waals surface area contributed by atoms with Crippen LogP contribution in [-0.2, 0) is 9.47 Å². The Bertz CT molecular complexity index is 369. The van der Waals surface area contributed by atoms with Gasteiger partial charge in [-0.2, -0.15) is 0 Å². The molecule has 1 rings (SSSR count). The van der Waals surface area contributed by atoms with Gasteiger partial charge in [-0.25, -0.2) is 9.78 Å². The molecule has 1 heterocycles. The van der Waals surface area contributed by atoms with E-state index < -0.39 is 5.97 Å². The Balaban J connectivity index is 2.19. The Kier molecular flexibility index (Phi) is 6.75. The third-order valence-corrected chi connectivity index (χ3v) is 2.06. The number of methoxy groups -OCH3 is 1. The Morgan fingerprint density at radius 2 is 2.11 bits per heavy atom. The van der Waals surface area contributed by atoms with Crippen molar-refractivity contribution in [2.45, 2.75) is 6.42 Å². The number of hydrogen-bond acceptors (Lipinski definition) is 5. The van der Waals surface area contributed by atoms with E-state index in [9.17, 15) is 4.79 Å². The molecule has 0 aliphatic heterocycles. The number of aromatic carboxylic acids is 1. The zero-order chi connectivity index (χ0) is 13.2. The van der Waals surface area contributed by atoms with Crippen molar-refractivity contribution in [1.29, 1.82) is 0 Å². The molecule has 0 spiro atoms. The smallest absolute Gasteiger partial charge is 0.354 e. The van der Waals surface area contributed by atoms with Crippen LogP contribution in [0.4, 0.5) is 0 Å². The highest BCUT2D eigenvalue weighted by Crippen LogP contribution is 2.07. The van der Waals surface area contributed by atoms with E-state index in [0.29, 0.717) is 26.4 Å². The normalized spacial score (nSPS) is 10.3. The quantitative estimate of drug-likeness (QED) is 0.668. The molecule has 0 atom stereocenters. The summed E-state index contributed by atoms with van der Waals surface area (Å²) >= 11 is 0. The highest BCUT2D eigenvalue weighted by molar-refractivity contribution is 5.85. The largest absolute Gasteiger partial charge is 0.477 e. The molecule has 0 aromatic carbocycles. The summed E-state index contributed by atoms with van der Waals surface area (Å²) in [5.74, 6) is -0.786. The number of ether oxygens (including phenoxy) is 3. The molecule has 6 heteroatoms. The zero-order valence-corrected chi connectivity index (χ0v) is 10.3. The maximum Gasteiger partial charge on any atom is 0.354 e. The molecule has 0 saturated heterocycles. The average molecular weight is 255 g/mol. The molecule has 0 amide bonds. The molecule has 0 aliphatic carbocycles. The molecule has 6 nitrogen and oxygen atoms in total. The van der Waals surface area contributed by atoms with E-state index in [-0.39, 0.29) is 11.6 Å². The second-order valence-corrected chi connectivity index (χ2v) is 3.47. The number of hydrogen-bond donors (Lipinski definition) is 1. The Morgan fingerprint density at radius 3 is 2.83 bits per heavy atom. The number of carboxylic acid groups (broad SMARTS) is 1. The summed E-state index contributed by atoms with van der Waals surface area (Å²) in [5, 5.41) is 8.75. The topological polar surface area (TPSA) is 77.9 Å². The standard InChI is InChI=1S/C12H17NO5/c1-16-6-3-7-17-8-9-18-11-5-2-4-10(13-11)12(14)15/h2,4-5H,3,6-9H2,1H3,(H,14,15). The number of pyridine rings is 1. The van der Waals surface area contributed by atoms with Gasteiger partial charge in [0, 0.05) is 26.4 Å². The van der Waals surface area contributed by atoms with E-state index in [2.05, 4.69) is 4.98 Å². The molecule has 0 unspecified atom stereocenters. The molecular weight excluding hydrogens is 238 g/mol. The summed E-state index contributed by atoms with van der Waals surface area (Å²) in [4.78, 5) is 14.5. The van der Waals surface area contributed by atoms with Gasteiger partial charge in [0.15, 0.2) is 5.69 Å². The molecule has 100 valence electrons. The SMILES string of the molecule is COCCCOCCOc1cccc(C(=O)O)n1. The first-order valence-corrected chi connectivity index (χ1v) is 5.64. The van der Waals surface area contributed by atoms with Crippen molar-refractivity contribution < 1.29 is 24.1 Å². The summed E-state index contributed by atoms with van der Waals surface area (Å²) in [7, 11) is 1.64. The van der Waals surface area contributed by atoms with Gasteiger partial charge < -0.3 is 19.3 Å². The van der Waals surface area contributed by atoms with E-state index in [1.807, 2.05) is 0 Å². The summed E-state index contributed by atoms with van der Waals surface area (Å²) in [6.45, 7) is 2.05. The van der Waals surface area contributed by atoms with Crippen LogP contribution in [0, 0.1) is 0 Å². The summed E-state index contributed by atoms with van der Waals surface area (Å²) in [5.41, 5.74) is -0.0338. The first kappa shape index (κ1) is 14.4. The highest BCUT2D eigenvalue weighted by atomic mass is 16.5. The summed E-state index contributed by atoms with van der Waals surface area (Å²) < 4.78 is 15.4. The van der Waals surface area contributed by atoms with E-state index >= 15 is 0 Å². The fourth-order valence-electron chi connectivity index (χ4n) is 1.23. The maximum atomic E-state index is 10.7. The lowest BCUT2D eigenvalue weighted by atomic mass is 10.3. The Hall–Kier alpha value is -1.66. The van der Waals surface area contributed by atoms with Crippen LogP contribution in [0.1, 0.15) is 16.9 Å². The Labute approximate surface area is 106 Å². The van der Waals surface area contributed by atoms with E-state index in [4.69, 9.17) is 19.3 Å². The lowest BCUT2D eigenvalue weighted by Gasteiger charge is -2.06. The van der Waals surface area contributed by atoms with Crippen LogP contribution in [0.2, 0.25) is 0 Å². The van der Waals surface area contributed by atoms with Crippen molar-refractivity contribution in [2.75, 3.05) is 33.5 Å². The zero-order valence-electron chi connectivity index (χ0n) is 10.3. The summed E-state index contributed by atoms with van der Waals surface area (Å²) in [6, 6.07) is 4.61. The molecule has 0 bridgehead atoms. The van der Waals surface area contributed by atoms with Crippen molar-refractivity contribution in [2.24, 2.45) is 0 Å². The van der Waals surface area contributed by atoms with Crippen molar-refractivity contribution in [3.8, 4) is 5.88 Å². The van der Waals surface area contributed by atoms with Gasteiger partial charge in [0.1, 0.15) is 6.61 Å². The van der Waals surface area contributed by atoms with Crippen LogP contribution in [-0.4, -0.2) is 49.6 Å². The number of carboxylic acids is 1. The lowest BCUT2D eigenvalue weighted by molar-refractivity contribution is 0.0686. The third-order valence-electron chi connectivity index (χ3n) is 2.06. The maximum absolute atomic E-state index is 10.7. The van der Waals surface area contributed by atoms with Gasteiger partial charge in [0.25, 0.3) is 0 Å². The minimum Gasteiger partial charge on any atom is -0.477 e. The fourth-order valence-corrected chi connectivity index (χ4v) is 1.23. The number of aromatic nitrogens is 1. The van der Waals surface area contributed by atoms with Gasteiger partial charge in [-0.1, -0.05) is 6.07 Å². The third kappa shape index (κ3) is 5.60. The van der Waals surface area contributed by atoms with Crippen LogP contribution in [0.5, 0.6) is 5.88 Å². The van der Waals surface area contributed by atoms with Crippen LogP contribution in [0.15, 0.2) is 18.2 Å². The lowest BCUT2D eigenvalue weighted by Crippen LogP contribution is -2.10. The van der Waals surface area contributed by atoms with Crippen LogP contribution in [0.25, 0.3) is 0 Å². The first-order chi connectivity index (χ1) is 8.74. The van der Waals surface area contributed by atoms with Gasteiger partial charge >= 0.3 is 5.97 Å². The van der Waals surface area contributed by atoms with E-state index in [0.717, 1.165) is 6.42 Å². The predicted molar refractivity (Wildman–Crippen MR) is 64.0 cm³/mol. The fraction of sp³-hybridized carbons (Fsp3) is 0.500. The molecule has 0 saturated carbocycles. The van der Waals surface area contributed by atoms with Gasteiger partial charge in [-0.05, 0) is 12.5 Å². The number of rotatable bonds is 9. The Morgan fingerprint density at radius 1 is 1.28 bits per heavy atom. The van der Waals surface area contributed by atoms with Crippen LogP contribution in [0.3, 0.4) is 0 Å². The van der Waals surface area contributed by atoms with Gasteiger partial charge in [0.2, 0.25) is 5.88 Å². The van der Waals surface area contributed by atoms with E-state index in [1.54, 1.807) is 19.2 Å². The molecular formula is C12H17NO5. The van der Waals surface area contributed by atoms with Crippen LogP contribution < -0.4 is 4.74 Å². The molecule has 1 aromatic rings. The molecule has 0 radical (unpaired) electrons. The second kappa shape index (κ2) is 8.43. The molecule has 0 fully saturated rings. The van der Waals surface area contributed by atoms with Crippen molar-refractivity contribution in [3.05, 3.63) is 23.9 Å². The highest BCUT2D eigenvalue weighted by Gasteiger charge is 2.05. The predicted octanol–water partition coefficient (Wildman–Crippen LogP) is 1.21. The van der Waals surface area contributed by atoms with Crippen LogP contribution >= 0.6 is 0 Å². The molecule has 1 aromatic heterocycles. The number of nitrogens with zero attached hydrogens (tertiary/aromatic N) is 1. The van der Waals surface area contributed by atoms with Crippen molar-refractivity contribution in [1.82, 2.24) is 4.98 Å².